The van der Waals surface area contributed by atoms with Crippen molar-refractivity contribution in [1.82, 2.24) is 10.2 Å². The lowest BCUT2D eigenvalue weighted by Gasteiger charge is -2.28. The topological polar surface area (TPSA) is 69.6 Å². The largest absolute Gasteiger partial charge is 0.481 e. The molecule has 3 aliphatic carbocycles. The fraction of sp³-hybridized carbons (Fsp3) is 0.867. The summed E-state index contributed by atoms with van der Waals surface area (Å²) < 4.78 is 0. The van der Waals surface area contributed by atoms with Crippen LogP contribution in [0.15, 0.2) is 0 Å². The minimum absolute atomic E-state index is 0.0491. The molecule has 2 amide bonds. The molecular formula is C15H24N2O3. The molecule has 3 fully saturated rings. The van der Waals surface area contributed by atoms with Gasteiger partial charge in [-0.3, -0.25) is 4.79 Å². The molecule has 0 unspecified atom stereocenters. The number of carboxylic acid groups (broad SMARTS) is 1. The van der Waals surface area contributed by atoms with Crippen LogP contribution in [0.4, 0.5) is 4.79 Å². The molecule has 2 N–H and O–H groups in total. The summed E-state index contributed by atoms with van der Waals surface area (Å²) in [4.78, 5) is 25.8. The van der Waals surface area contributed by atoms with Crippen molar-refractivity contribution in [3.05, 3.63) is 0 Å². The molecule has 0 atom stereocenters. The first-order valence-corrected chi connectivity index (χ1v) is 7.89. The molecule has 0 aromatic rings. The van der Waals surface area contributed by atoms with Crippen LogP contribution < -0.4 is 5.32 Å². The highest BCUT2D eigenvalue weighted by Gasteiger charge is 2.43. The first kappa shape index (κ1) is 13.7. The third-order valence-electron chi connectivity index (χ3n) is 4.99. The van der Waals surface area contributed by atoms with Gasteiger partial charge >= 0.3 is 12.0 Å². The number of aliphatic carboxylic acids is 1. The number of carboxylic acids is 1. The summed E-state index contributed by atoms with van der Waals surface area (Å²) in [6.45, 7) is 1.14. The van der Waals surface area contributed by atoms with Gasteiger partial charge in [-0.2, -0.15) is 0 Å². The lowest BCUT2D eigenvalue weighted by Crippen LogP contribution is -2.48. The third kappa shape index (κ3) is 2.91. The molecule has 0 heterocycles. The van der Waals surface area contributed by atoms with Crippen molar-refractivity contribution in [3.8, 4) is 0 Å². The lowest BCUT2D eigenvalue weighted by atomic mass is 9.86. The van der Waals surface area contributed by atoms with Crippen LogP contribution in [0.25, 0.3) is 0 Å². The molecule has 0 aromatic carbocycles. The normalized spacial score (nSPS) is 24.4. The molecule has 5 nitrogen and oxygen atoms in total. The second-order valence-corrected chi connectivity index (χ2v) is 6.78. The van der Waals surface area contributed by atoms with E-state index in [2.05, 4.69) is 5.32 Å². The van der Waals surface area contributed by atoms with E-state index in [-0.39, 0.29) is 12.6 Å². The van der Waals surface area contributed by atoms with Crippen molar-refractivity contribution in [2.75, 3.05) is 13.1 Å². The Morgan fingerprint density at radius 2 is 1.80 bits per heavy atom. The van der Waals surface area contributed by atoms with Gasteiger partial charge in [-0.25, -0.2) is 4.79 Å². The van der Waals surface area contributed by atoms with Crippen LogP contribution in [0.2, 0.25) is 0 Å². The number of carbonyl (C=O) groups excluding carboxylic acids is 1. The van der Waals surface area contributed by atoms with Crippen molar-refractivity contribution < 1.29 is 14.7 Å². The van der Waals surface area contributed by atoms with Crippen molar-refractivity contribution in [2.24, 2.45) is 11.3 Å². The number of hydrogen-bond acceptors (Lipinski definition) is 2. The second kappa shape index (κ2) is 5.26. The van der Waals surface area contributed by atoms with Crippen LogP contribution in [0, 0.1) is 11.3 Å². The first-order chi connectivity index (χ1) is 9.61. The SMILES string of the molecule is O=C(NCC1(C(=O)O)CCCC1)N(CC1CC1)C1CC1. The van der Waals surface area contributed by atoms with Gasteiger partial charge in [-0.1, -0.05) is 12.8 Å². The van der Waals surface area contributed by atoms with Gasteiger partial charge in [-0.05, 0) is 44.4 Å². The number of rotatable bonds is 6. The zero-order valence-corrected chi connectivity index (χ0v) is 11.9. The smallest absolute Gasteiger partial charge is 0.317 e. The highest BCUT2D eigenvalue weighted by atomic mass is 16.4. The Hall–Kier alpha value is -1.26. The van der Waals surface area contributed by atoms with E-state index in [0.717, 1.165) is 32.2 Å². The van der Waals surface area contributed by atoms with Gasteiger partial charge < -0.3 is 15.3 Å². The summed E-state index contributed by atoms with van der Waals surface area (Å²) in [7, 11) is 0. The lowest BCUT2D eigenvalue weighted by molar-refractivity contribution is -0.148. The van der Waals surface area contributed by atoms with Gasteiger partial charge in [0, 0.05) is 19.1 Å². The maximum Gasteiger partial charge on any atom is 0.317 e. The molecule has 0 bridgehead atoms. The maximum atomic E-state index is 12.3. The van der Waals surface area contributed by atoms with E-state index < -0.39 is 11.4 Å². The number of nitrogens with zero attached hydrogens (tertiary/aromatic N) is 1. The Morgan fingerprint density at radius 3 is 2.30 bits per heavy atom. The minimum Gasteiger partial charge on any atom is -0.481 e. The average Bonchev–Trinajstić information content (AvgIpc) is 3.33. The van der Waals surface area contributed by atoms with E-state index in [4.69, 9.17) is 0 Å². The molecule has 5 heteroatoms. The molecule has 0 spiro atoms. The molecule has 20 heavy (non-hydrogen) atoms. The summed E-state index contributed by atoms with van der Waals surface area (Å²) in [6.07, 6.45) is 7.95. The molecule has 3 aliphatic rings. The van der Waals surface area contributed by atoms with Gasteiger partial charge in [0.25, 0.3) is 0 Å². The number of hydrogen-bond donors (Lipinski definition) is 2. The number of nitrogens with one attached hydrogen (secondary N) is 1. The van der Waals surface area contributed by atoms with Crippen LogP contribution in [-0.4, -0.2) is 41.1 Å². The maximum absolute atomic E-state index is 12.3. The predicted octanol–water partition coefficient (Wildman–Crippen LogP) is 2.22. The standard InChI is InChI=1S/C15H24N2O3/c18-13(19)15(7-1-2-8-15)10-16-14(20)17(12-5-6-12)9-11-3-4-11/h11-12H,1-10H2,(H,16,20)(H,18,19). The van der Waals surface area contributed by atoms with Crippen molar-refractivity contribution >= 4 is 12.0 Å². The van der Waals surface area contributed by atoms with Crippen molar-refractivity contribution in [3.63, 3.8) is 0 Å². The zero-order chi connectivity index (χ0) is 14.2. The van der Waals surface area contributed by atoms with Gasteiger partial charge in [0.1, 0.15) is 0 Å². The van der Waals surface area contributed by atoms with E-state index >= 15 is 0 Å². The van der Waals surface area contributed by atoms with Crippen LogP contribution in [0.5, 0.6) is 0 Å². The van der Waals surface area contributed by atoms with E-state index in [1.165, 1.54) is 12.8 Å². The quantitative estimate of drug-likeness (QED) is 0.783. The van der Waals surface area contributed by atoms with Crippen LogP contribution in [-0.2, 0) is 4.79 Å². The van der Waals surface area contributed by atoms with E-state index in [1.54, 1.807) is 0 Å². The van der Waals surface area contributed by atoms with Gasteiger partial charge in [0.15, 0.2) is 0 Å². The molecule has 0 aromatic heterocycles. The minimum atomic E-state index is -0.754. The highest BCUT2D eigenvalue weighted by molar-refractivity contribution is 5.78. The molecule has 0 radical (unpaired) electrons. The molecule has 112 valence electrons. The summed E-state index contributed by atoms with van der Waals surface area (Å²) in [6, 6.07) is 0.354. The first-order valence-electron chi connectivity index (χ1n) is 7.89. The molecule has 3 saturated carbocycles. The van der Waals surface area contributed by atoms with E-state index in [0.29, 0.717) is 24.8 Å². The highest BCUT2D eigenvalue weighted by Crippen LogP contribution is 2.38. The fourth-order valence-corrected chi connectivity index (χ4v) is 3.23. The Bertz CT molecular complexity index is 396. The summed E-state index contributed by atoms with van der Waals surface area (Å²) in [5.74, 6) is -0.0725. The van der Waals surface area contributed by atoms with Crippen LogP contribution in [0.3, 0.4) is 0 Å². The Labute approximate surface area is 119 Å². The number of carbonyl (C=O) groups is 2. The fourth-order valence-electron chi connectivity index (χ4n) is 3.23. The van der Waals surface area contributed by atoms with Crippen molar-refractivity contribution in [1.29, 1.82) is 0 Å². The summed E-state index contributed by atoms with van der Waals surface area (Å²) in [5.41, 5.74) is -0.718. The van der Waals surface area contributed by atoms with Gasteiger partial charge in [-0.15, -0.1) is 0 Å². The monoisotopic (exact) mass is 280 g/mol. The van der Waals surface area contributed by atoms with Gasteiger partial charge in [0.05, 0.1) is 5.41 Å². The summed E-state index contributed by atoms with van der Waals surface area (Å²) in [5, 5.41) is 12.3. The zero-order valence-electron chi connectivity index (χ0n) is 11.9. The Balaban J connectivity index is 1.55. The summed E-state index contributed by atoms with van der Waals surface area (Å²) >= 11 is 0. The Morgan fingerprint density at radius 1 is 1.15 bits per heavy atom. The number of amides is 2. The van der Waals surface area contributed by atoms with Crippen LogP contribution in [0.1, 0.15) is 51.4 Å². The second-order valence-electron chi connectivity index (χ2n) is 6.78. The molecule has 3 rings (SSSR count). The van der Waals surface area contributed by atoms with Crippen molar-refractivity contribution in [2.45, 2.75) is 57.4 Å². The van der Waals surface area contributed by atoms with E-state index in [1.807, 2.05) is 4.90 Å². The average molecular weight is 280 g/mol. The number of urea groups is 1. The molecule has 0 aliphatic heterocycles. The Kier molecular flexibility index (Phi) is 3.61. The molecule has 0 saturated heterocycles. The predicted molar refractivity (Wildman–Crippen MR) is 74.4 cm³/mol. The van der Waals surface area contributed by atoms with Gasteiger partial charge in [0.2, 0.25) is 0 Å². The van der Waals surface area contributed by atoms with Crippen LogP contribution >= 0.6 is 0 Å². The third-order valence-corrected chi connectivity index (χ3v) is 4.99. The van der Waals surface area contributed by atoms with E-state index in [9.17, 15) is 14.7 Å². The molecular weight excluding hydrogens is 256 g/mol.